The van der Waals surface area contributed by atoms with Crippen LogP contribution in [0.5, 0.6) is 0 Å². The van der Waals surface area contributed by atoms with Crippen molar-refractivity contribution in [3.63, 3.8) is 0 Å². The van der Waals surface area contributed by atoms with E-state index in [1.165, 1.54) is 25.7 Å². The Bertz CT molecular complexity index is 578. The highest BCUT2D eigenvalue weighted by Crippen LogP contribution is 2.69. The zero-order valence-electron chi connectivity index (χ0n) is 19.3. The van der Waals surface area contributed by atoms with Gasteiger partial charge in [-0.3, -0.25) is 0 Å². The minimum atomic E-state index is -0.190. The van der Waals surface area contributed by atoms with Gasteiger partial charge in [0.05, 0.1) is 12.2 Å². The maximum atomic E-state index is 11.7. The van der Waals surface area contributed by atoms with Crippen molar-refractivity contribution in [1.29, 1.82) is 0 Å². The lowest BCUT2D eigenvalue weighted by Crippen LogP contribution is -2.62. The van der Waals surface area contributed by atoms with Crippen LogP contribution in [0.25, 0.3) is 0 Å². The highest BCUT2D eigenvalue weighted by atomic mass is 16.3. The van der Waals surface area contributed by atoms with E-state index in [-0.39, 0.29) is 12.2 Å². The van der Waals surface area contributed by atoms with Crippen molar-refractivity contribution in [3.05, 3.63) is 0 Å². The van der Waals surface area contributed by atoms with Crippen molar-refractivity contribution in [2.75, 3.05) is 6.61 Å². The van der Waals surface area contributed by atoms with Crippen LogP contribution in [0.3, 0.4) is 0 Å². The van der Waals surface area contributed by atoms with Gasteiger partial charge < -0.3 is 15.3 Å². The van der Waals surface area contributed by atoms with Crippen LogP contribution in [-0.2, 0) is 0 Å². The van der Waals surface area contributed by atoms with Crippen molar-refractivity contribution in [1.82, 2.24) is 0 Å². The molecular formula is C26H46O3. The van der Waals surface area contributed by atoms with E-state index in [4.69, 9.17) is 0 Å². The summed E-state index contributed by atoms with van der Waals surface area (Å²) in [6.45, 7) is 10.0. The molecule has 3 nitrogen and oxygen atoms in total. The number of aliphatic hydroxyl groups excluding tert-OH is 3. The minimum Gasteiger partial charge on any atom is -0.396 e. The molecule has 0 spiro atoms. The van der Waals surface area contributed by atoms with Crippen LogP contribution in [-0.4, -0.2) is 34.1 Å². The fourth-order valence-corrected chi connectivity index (χ4v) is 9.55. The van der Waals surface area contributed by atoms with Gasteiger partial charge in [-0.05, 0) is 110 Å². The lowest BCUT2D eigenvalue weighted by molar-refractivity contribution is -0.203. The average molecular weight is 407 g/mol. The van der Waals surface area contributed by atoms with E-state index < -0.39 is 0 Å². The van der Waals surface area contributed by atoms with Gasteiger partial charge in [0.25, 0.3) is 0 Å². The van der Waals surface area contributed by atoms with E-state index in [0.717, 1.165) is 44.4 Å². The van der Waals surface area contributed by atoms with Crippen LogP contribution >= 0.6 is 0 Å². The van der Waals surface area contributed by atoms with Crippen LogP contribution in [0.1, 0.15) is 91.9 Å². The summed E-state index contributed by atoms with van der Waals surface area (Å²) in [5.41, 5.74) is 0.651. The molecule has 4 aliphatic carbocycles. The largest absolute Gasteiger partial charge is 0.396 e. The number of fused-ring (bicyclic) bond motifs is 5. The molecule has 4 unspecified atom stereocenters. The summed E-state index contributed by atoms with van der Waals surface area (Å²) in [4.78, 5) is 0. The van der Waals surface area contributed by atoms with E-state index in [0.29, 0.717) is 52.9 Å². The van der Waals surface area contributed by atoms with Gasteiger partial charge in [0.15, 0.2) is 0 Å². The third-order valence-corrected chi connectivity index (χ3v) is 11.0. The third kappa shape index (κ3) is 3.33. The first-order valence-electron chi connectivity index (χ1n) is 12.7. The molecule has 0 aromatic rings. The van der Waals surface area contributed by atoms with E-state index in [2.05, 4.69) is 27.7 Å². The Morgan fingerprint density at radius 1 is 0.931 bits per heavy atom. The van der Waals surface area contributed by atoms with Crippen LogP contribution in [0.15, 0.2) is 0 Å². The summed E-state index contributed by atoms with van der Waals surface area (Å²) in [6, 6.07) is 0. The summed E-state index contributed by atoms with van der Waals surface area (Å²) in [5.74, 6) is 3.97. The van der Waals surface area contributed by atoms with Gasteiger partial charge in [0.1, 0.15) is 0 Å². The van der Waals surface area contributed by atoms with Gasteiger partial charge >= 0.3 is 0 Å². The maximum Gasteiger partial charge on any atom is 0.0605 e. The van der Waals surface area contributed by atoms with E-state index in [1.54, 1.807) is 0 Å². The molecule has 0 bridgehead atoms. The second-order valence-electron chi connectivity index (χ2n) is 12.0. The molecule has 0 aliphatic heterocycles. The Morgan fingerprint density at radius 3 is 2.31 bits per heavy atom. The highest BCUT2D eigenvalue weighted by molar-refractivity contribution is 5.13. The van der Waals surface area contributed by atoms with Crippen molar-refractivity contribution in [2.24, 2.45) is 52.3 Å². The van der Waals surface area contributed by atoms with Gasteiger partial charge in [-0.1, -0.05) is 34.1 Å². The molecule has 4 aliphatic rings. The van der Waals surface area contributed by atoms with E-state index in [1.807, 2.05) is 0 Å². The summed E-state index contributed by atoms with van der Waals surface area (Å²) in [7, 11) is 0. The first-order valence-corrected chi connectivity index (χ1v) is 12.7. The predicted octanol–water partition coefficient (Wildman–Crippen LogP) is 5.02. The highest BCUT2D eigenvalue weighted by Gasteiger charge is 2.64. The Hall–Kier alpha value is -0.120. The molecule has 0 amide bonds. The normalized spacial score (nSPS) is 53.1. The smallest absolute Gasteiger partial charge is 0.0605 e. The minimum absolute atomic E-state index is 0.164. The number of aliphatic hydroxyl groups is 3. The molecule has 29 heavy (non-hydrogen) atoms. The molecule has 0 radical (unpaired) electrons. The molecule has 0 saturated heterocycles. The quantitative estimate of drug-likeness (QED) is 0.601. The first-order chi connectivity index (χ1) is 13.8. The zero-order valence-corrected chi connectivity index (χ0v) is 19.3. The summed E-state index contributed by atoms with van der Waals surface area (Å²) in [6.07, 6.45) is 10.9. The molecule has 4 fully saturated rings. The second-order valence-corrected chi connectivity index (χ2v) is 12.0. The predicted molar refractivity (Wildman–Crippen MR) is 117 cm³/mol. The number of hydrogen-bond acceptors (Lipinski definition) is 3. The maximum absolute atomic E-state index is 11.7. The van der Waals surface area contributed by atoms with Crippen molar-refractivity contribution in [2.45, 2.75) is 104 Å². The summed E-state index contributed by atoms with van der Waals surface area (Å²) >= 11 is 0. The molecule has 11 atom stereocenters. The molecule has 3 N–H and O–H groups in total. The molecule has 4 saturated carbocycles. The Balaban J connectivity index is 1.63. The fourth-order valence-electron chi connectivity index (χ4n) is 9.55. The van der Waals surface area contributed by atoms with Gasteiger partial charge in [0.2, 0.25) is 0 Å². The molecule has 4 rings (SSSR count). The topological polar surface area (TPSA) is 60.7 Å². The second kappa shape index (κ2) is 8.10. The Morgan fingerprint density at radius 2 is 1.62 bits per heavy atom. The van der Waals surface area contributed by atoms with Gasteiger partial charge in [-0.25, -0.2) is 0 Å². The van der Waals surface area contributed by atoms with Crippen molar-refractivity contribution < 1.29 is 15.3 Å². The van der Waals surface area contributed by atoms with E-state index in [9.17, 15) is 15.3 Å². The van der Waals surface area contributed by atoms with E-state index >= 15 is 0 Å². The monoisotopic (exact) mass is 406 g/mol. The molecule has 0 heterocycles. The Labute approximate surface area is 178 Å². The molecule has 168 valence electrons. The van der Waals surface area contributed by atoms with Crippen LogP contribution in [0, 0.1) is 52.3 Å². The first kappa shape index (κ1) is 22.1. The molecule has 0 aromatic carbocycles. The fraction of sp³-hybridized carbons (Fsp3) is 1.00. The molecule has 3 heteroatoms. The van der Waals surface area contributed by atoms with Gasteiger partial charge in [-0.15, -0.1) is 0 Å². The third-order valence-electron chi connectivity index (χ3n) is 11.0. The lowest BCUT2D eigenvalue weighted by Gasteiger charge is -2.64. The van der Waals surface area contributed by atoms with Crippen LogP contribution in [0.4, 0.5) is 0 Å². The van der Waals surface area contributed by atoms with Crippen molar-refractivity contribution >= 4 is 0 Å². The zero-order chi connectivity index (χ0) is 21.0. The summed E-state index contributed by atoms with van der Waals surface area (Å²) in [5, 5.41) is 31.4. The van der Waals surface area contributed by atoms with Gasteiger partial charge in [0, 0.05) is 6.61 Å². The SMILES string of the molecule is CC[C@@H]1C(O)C2C3CC[C@H]([C@H](C)CCCO)[C@@]3(C)CCC2[C@@]2(C)CC[C@@H](O)C[C@@H]12. The average Bonchev–Trinajstić information content (AvgIpc) is 3.05. The molecular weight excluding hydrogens is 360 g/mol. The van der Waals surface area contributed by atoms with Crippen molar-refractivity contribution in [3.8, 4) is 0 Å². The molecule has 0 aromatic heterocycles. The standard InChI is InChI=1S/C26H46O3/c1-5-18-22-15-17(28)10-12-26(22,4)21-11-13-25(3)19(16(2)7-6-14-27)8-9-20(25)23(21)24(18)29/h16-24,27-29H,5-15H2,1-4H3/t16-,17-,18+,19-,20?,21?,22+,23?,24?,25-,26-/m1/s1. The number of hydrogen-bond donors (Lipinski definition) is 3. The van der Waals surface area contributed by atoms with Gasteiger partial charge in [-0.2, -0.15) is 0 Å². The number of rotatable bonds is 5. The summed E-state index contributed by atoms with van der Waals surface area (Å²) < 4.78 is 0. The van der Waals surface area contributed by atoms with Crippen LogP contribution < -0.4 is 0 Å². The Kier molecular flexibility index (Phi) is 6.17. The van der Waals surface area contributed by atoms with Crippen LogP contribution in [0.2, 0.25) is 0 Å². The lowest BCUT2D eigenvalue weighted by atomic mass is 9.41.